The maximum atomic E-state index is 2.48. The monoisotopic (exact) mass is 691 g/mol. The maximum Gasteiger partial charge on any atom is 0.0493 e. The lowest BCUT2D eigenvalue weighted by Crippen LogP contribution is -2.15. The van der Waals surface area contributed by atoms with Crippen LogP contribution in [0.15, 0.2) is 176 Å². The van der Waals surface area contributed by atoms with Crippen molar-refractivity contribution >= 4 is 49.4 Å². The Bertz CT molecular complexity index is 2900. The van der Waals surface area contributed by atoms with Crippen LogP contribution < -0.4 is 4.90 Å². The second-order valence-corrected chi connectivity index (χ2v) is 15.5. The third-order valence-electron chi connectivity index (χ3n) is 12.0. The van der Waals surface area contributed by atoms with Gasteiger partial charge in [-0.15, -0.1) is 0 Å². The van der Waals surface area contributed by atoms with E-state index in [1.165, 1.54) is 93.6 Å². The molecule has 1 heteroatoms. The van der Waals surface area contributed by atoms with E-state index in [4.69, 9.17) is 0 Å². The molecule has 0 saturated carbocycles. The third-order valence-corrected chi connectivity index (χ3v) is 12.0. The minimum Gasteiger partial charge on any atom is -0.310 e. The Hall–Kier alpha value is -6.44. The molecular weight excluding hydrogens is 651 g/mol. The van der Waals surface area contributed by atoms with Gasteiger partial charge in [-0.3, -0.25) is 0 Å². The molecule has 0 bridgehead atoms. The van der Waals surface area contributed by atoms with Crippen molar-refractivity contribution in [2.24, 2.45) is 0 Å². The number of para-hydroxylation sites is 1. The molecule has 1 aliphatic carbocycles. The van der Waals surface area contributed by atoms with Crippen molar-refractivity contribution in [3.63, 3.8) is 0 Å². The lowest BCUT2D eigenvalue weighted by Gasteiger charge is -2.29. The van der Waals surface area contributed by atoms with Crippen LogP contribution in [0.5, 0.6) is 0 Å². The van der Waals surface area contributed by atoms with Gasteiger partial charge in [-0.2, -0.15) is 0 Å². The van der Waals surface area contributed by atoms with E-state index in [2.05, 4.69) is 209 Å². The number of nitrogens with zero attached hydrogens (tertiary/aromatic N) is 1. The first-order valence-electron chi connectivity index (χ1n) is 19.0. The smallest absolute Gasteiger partial charge is 0.0493 e. The zero-order chi connectivity index (χ0) is 36.6. The second-order valence-electron chi connectivity index (χ2n) is 15.5. The van der Waals surface area contributed by atoms with Gasteiger partial charge >= 0.3 is 0 Å². The van der Waals surface area contributed by atoms with E-state index in [-0.39, 0.29) is 5.41 Å². The highest BCUT2D eigenvalue weighted by Crippen LogP contribution is 2.52. The molecule has 0 unspecified atom stereocenters. The highest BCUT2D eigenvalue weighted by molar-refractivity contribution is 6.16. The van der Waals surface area contributed by atoms with Crippen LogP contribution in [-0.4, -0.2) is 0 Å². The second kappa shape index (κ2) is 12.3. The van der Waals surface area contributed by atoms with Crippen LogP contribution in [0.4, 0.5) is 17.1 Å². The molecule has 0 aliphatic heterocycles. The van der Waals surface area contributed by atoms with Crippen molar-refractivity contribution < 1.29 is 0 Å². The van der Waals surface area contributed by atoms with Crippen molar-refractivity contribution in [3.05, 3.63) is 198 Å². The summed E-state index contributed by atoms with van der Waals surface area (Å²) in [6.07, 6.45) is 0. The summed E-state index contributed by atoms with van der Waals surface area (Å²) < 4.78 is 0. The zero-order valence-corrected chi connectivity index (χ0v) is 31.2. The first-order chi connectivity index (χ1) is 26.3. The lowest BCUT2D eigenvalue weighted by atomic mass is 9.79. The van der Waals surface area contributed by atoms with Crippen LogP contribution in [0.2, 0.25) is 0 Å². The summed E-state index contributed by atoms with van der Waals surface area (Å²) >= 11 is 0. The predicted molar refractivity (Wildman–Crippen MR) is 232 cm³/mol. The zero-order valence-electron chi connectivity index (χ0n) is 31.2. The van der Waals surface area contributed by atoms with Crippen LogP contribution in [0, 0.1) is 13.8 Å². The minimum atomic E-state index is -0.137. The summed E-state index contributed by atoms with van der Waals surface area (Å²) in [5, 5.41) is 7.99. The quantitative estimate of drug-likeness (QED) is 0.157. The molecule has 0 amide bonds. The van der Waals surface area contributed by atoms with E-state index < -0.39 is 0 Å². The molecule has 1 nitrogen and oxygen atoms in total. The van der Waals surface area contributed by atoms with Crippen LogP contribution in [0.1, 0.15) is 36.1 Å². The fraction of sp³-hybridized carbons (Fsp3) is 0.0943. The van der Waals surface area contributed by atoms with Gasteiger partial charge in [0.2, 0.25) is 0 Å². The van der Waals surface area contributed by atoms with Crippen molar-refractivity contribution in [2.75, 3.05) is 4.90 Å². The average Bonchev–Trinajstić information content (AvgIpc) is 3.45. The van der Waals surface area contributed by atoms with Crippen molar-refractivity contribution in [3.8, 4) is 33.4 Å². The number of benzene rings is 9. The lowest BCUT2D eigenvalue weighted by molar-refractivity contribution is 0.663. The molecule has 10 rings (SSSR count). The number of rotatable bonds is 6. The fourth-order valence-corrected chi connectivity index (χ4v) is 8.95. The molecule has 258 valence electrons. The third kappa shape index (κ3) is 5.07. The Morgan fingerprint density at radius 3 is 1.59 bits per heavy atom. The molecule has 0 spiro atoms. The largest absolute Gasteiger partial charge is 0.310 e. The van der Waals surface area contributed by atoms with Gasteiger partial charge in [-0.05, 0) is 162 Å². The molecule has 0 atom stereocenters. The summed E-state index contributed by atoms with van der Waals surface area (Å²) in [5.74, 6) is 0. The summed E-state index contributed by atoms with van der Waals surface area (Å²) in [6.45, 7) is 9.39. The van der Waals surface area contributed by atoms with E-state index in [0.29, 0.717) is 0 Å². The SMILES string of the molecule is Cc1c(-c2cc3c4c(ccc5cc(-c6ccc7ccccc7c6)cc(c54)C3(C)C)c2)ccc(N(c2ccccc2)c2ccc(-c3ccccc3)cc2)c1C. The van der Waals surface area contributed by atoms with E-state index in [1.807, 2.05) is 0 Å². The summed E-state index contributed by atoms with van der Waals surface area (Å²) in [6, 6.07) is 64.9. The molecule has 0 aromatic heterocycles. The highest BCUT2D eigenvalue weighted by Gasteiger charge is 2.35. The van der Waals surface area contributed by atoms with Gasteiger partial charge in [0.1, 0.15) is 0 Å². The molecule has 9 aromatic carbocycles. The topological polar surface area (TPSA) is 3.24 Å². The minimum absolute atomic E-state index is 0.137. The average molecular weight is 692 g/mol. The van der Waals surface area contributed by atoms with Gasteiger partial charge < -0.3 is 4.90 Å². The molecule has 0 radical (unpaired) electrons. The van der Waals surface area contributed by atoms with Crippen molar-refractivity contribution in [1.29, 1.82) is 0 Å². The summed E-state index contributed by atoms with van der Waals surface area (Å²) in [5.41, 5.74) is 16.3. The molecule has 0 heterocycles. The van der Waals surface area contributed by atoms with Gasteiger partial charge in [0.25, 0.3) is 0 Å². The number of hydrogen-bond donors (Lipinski definition) is 0. The predicted octanol–water partition coefficient (Wildman–Crippen LogP) is 14.9. The molecular formula is C53H41N. The van der Waals surface area contributed by atoms with E-state index >= 15 is 0 Å². The first-order valence-corrected chi connectivity index (χ1v) is 19.0. The van der Waals surface area contributed by atoms with Crippen molar-refractivity contribution in [1.82, 2.24) is 0 Å². The normalized spacial score (nSPS) is 13.0. The van der Waals surface area contributed by atoms with Gasteiger partial charge in [-0.1, -0.05) is 129 Å². The van der Waals surface area contributed by atoms with Crippen molar-refractivity contribution in [2.45, 2.75) is 33.1 Å². The Morgan fingerprint density at radius 2 is 0.889 bits per heavy atom. The molecule has 9 aromatic rings. The molecule has 0 fully saturated rings. The van der Waals surface area contributed by atoms with Crippen LogP contribution in [-0.2, 0) is 5.41 Å². The molecule has 54 heavy (non-hydrogen) atoms. The Morgan fingerprint density at radius 1 is 0.370 bits per heavy atom. The van der Waals surface area contributed by atoms with E-state index in [0.717, 1.165) is 11.4 Å². The first kappa shape index (κ1) is 32.2. The van der Waals surface area contributed by atoms with Crippen LogP contribution >= 0.6 is 0 Å². The molecule has 0 saturated heterocycles. The number of fused-ring (bicyclic) bond motifs is 1. The Labute approximate surface area is 317 Å². The number of anilines is 3. The highest BCUT2D eigenvalue weighted by atomic mass is 15.1. The fourth-order valence-electron chi connectivity index (χ4n) is 8.95. The Kier molecular flexibility index (Phi) is 7.35. The van der Waals surface area contributed by atoms with Gasteiger partial charge in [0.15, 0.2) is 0 Å². The number of hydrogen-bond acceptors (Lipinski definition) is 1. The van der Waals surface area contributed by atoms with E-state index in [9.17, 15) is 0 Å². The van der Waals surface area contributed by atoms with Gasteiger partial charge in [-0.25, -0.2) is 0 Å². The van der Waals surface area contributed by atoms with E-state index in [1.54, 1.807) is 0 Å². The van der Waals surface area contributed by atoms with Crippen LogP contribution in [0.3, 0.4) is 0 Å². The van der Waals surface area contributed by atoms with Gasteiger partial charge in [0, 0.05) is 22.5 Å². The van der Waals surface area contributed by atoms with Crippen LogP contribution in [0.25, 0.3) is 65.7 Å². The van der Waals surface area contributed by atoms with Gasteiger partial charge in [0.05, 0.1) is 0 Å². The summed E-state index contributed by atoms with van der Waals surface area (Å²) in [7, 11) is 0. The molecule has 0 N–H and O–H groups in total. The maximum absolute atomic E-state index is 2.48. The summed E-state index contributed by atoms with van der Waals surface area (Å²) in [4.78, 5) is 2.39. The molecule has 1 aliphatic rings. The Balaban J connectivity index is 1.06. The standard InChI is InChI=1S/C53H41N/c1-34-35(2)50(54(45-17-9-6-10-18-45)46-25-23-38(24-26-46)36-13-7-5-8-14-36)28-27-47(34)44-31-42-22-21-41-30-43(40-20-19-37-15-11-12-16-39(37)29-40)32-48-51(41)52(42)49(33-44)53(48,3)4/h5-33H,1-4H3.